The van der Waals surface area contributed by atoms with Crippen LogP contribution in [0.1, 0.15) is 52.4 Å². The Balaban J connectivity index is 2.90. The molecule has 0 saturated carbocycles. The minimum Gasteiger partial charge on any atom is -0.481 e. The molecule has 1 fully saturated rings. The molecule has 0 radical (unpaired) electrons. The summed E-state index contributed by atoms with van der Waals surface area (Å²) < 4.78 is 0. The summed E-state index contributed by atoms with van der Waals surface area (Å²) >= 11 is 1.47. The molecule has 188 valence electrons. The normalized spacial score (nSPS) is 18.5. The average molecular weight is 489 g/mol. The molecule has 4 atom stereocenters. The highest BCUT2D eigenvalue weighted by Gasteiger charge is 2.39. The number of likely N-dealkylation sites (tertiary alicyclic amines) is 1. The van der Waals surface area contributed by atoms with Gasteiger partial charge in [0.15, 0.2) is 0 Å². The lowest BCUT2D eigenvalue weighted by Gasteiger charge is -2.30. The first-order chi connectivity index (χ1) is 15.5. The van der Waals surface area contributed by atoms with Crippen LogP contribution in [-0.2, 0) is 24.0 Å². The van der Waals surface area contributed by atoms with Crippen molar-refractivity contribution in [1.82, 2.24) is 15.5 Å². The summed E-state index contributed by atoms with van der Waals surface area (Å²) in [6, 6.07) is -3.86. The molecule has 0 aromatic carbocycles. The fourth-order valence-electron chi connectivity index (χ4n) is 3.65. The molecule has 11 nitrogen and oxygen atoms in total. The van der Waals surface area contributed by atoms with Crippen molar-refractivity contribution in [2.45, 2.75) is 76.5 Å². The zero-order chi connectivity index (χ0) is 25.1. The molecule has 4 unspecified atom stereocenters. The largest absolute Gasteiger partial charge is 0.481 e. The maximum absolute atomic E-state index is 13.3. The van der Waals surface area contributed by atoms with E-state index in [1.165, 1.54) is 16.7 Å². The maximum Gasteiger partial charge on any atom is 0.326 e. The third-order valence-corrected chi connectivity index (χ3v) is 6.04. The fourth-order valence-corrected chi connectivity index (χ4v) is 4.12. The summed E-state index contributed by atoms with van der Waals surface area (Å²) in [6.45, 7) is 4.08. The molecule has 12 heteroatoms. The summed E-state index contributed by atoms with van der Waals surface area (Å²) in [5, 5.41) is 23.3. The predicted octanol–water partition coefficient (Wildman–Crippen LogP) is 0.0229. The first-order valence-corrected chi connectivity index (χ1v) is 12.5. The predicted molar refractivity (Wildman–Crippen MR) is 124 cm³/mol. The second kappa shape index (κ2) is 14.0. The number of carboxylic acids is 2. The van der Waals surface area contributed by atoms with Gasteiger partial charge in [0.1, 0.15) is 18.1 Å². The zero-order valence-electron chi connectivity index (χ0n) is 19.4. The molecule has 0 bridgehead atoms. The number of aliphatic carboxylic acids is 2. The molecule has 1 heterocycles. The van der Waals surface area contributed by atoms with Crippen LogP contribution in [0.3, 0.4) is 0 Å². The van der Waals surface area contributed by atoms with Gasteiger partial charge in [-0.15, -0.1) is 0 Å². The van der Waals surface area contributed by atoms with E-state index in [1.54, 1.807) is 0 Å². The van der Waals surface area contributed by atoms with Gasteiger partial charge in [-0.1, -0.05) is 13.8 Å². The molecule has 0 aromatic rings. The number of hydrogen-bond donors (Lipinski definition) is 5. The minimum absolute atomic E-state index is 0.0484. The number of rotatable bonds is 14. The number of thioether (sulfide) groups is 1. The monoisotopic (exact) mass is 488 g/mol. The van der Waals surface area contributed by atoms with Crippen LogP contribution < -0.4 is 16.4 Å². The summed E-state index contributed by atoms with van der Waals surface area (Å²) in [5.41, 5.74) is 5.78. The lowest BCUT2D eigenvalue weighted by Crippen LogP contribution is -2.57. The van der Waals surface area contributed by atoms with Gasteiger partial charge in [0.2, 0.25) is 17.7 Å². The van der Waals surface area contributed by atoms with Gasteiger partial charge in [-0.25, -0.2) is 4.79 Å². The number of carbonyl (C=O) groups is 5. The minimum atomic E-state index is -1.13. The van der Waals surface area contributed by atoms with Gasteiger partial charge < -0.3 is 31.5 Å². The SMILES string of the molecule is CSCCC(NC(=O)C1CCCN1C(=O)C(CC(C)C)NC(=O)C(N)CCC(=O)O)C(=O)O. The molecule has 33 heavy (non-hydrogen) atoms. The molecule has 1 saturated heterocycles. The Bertz CT molecular complexity index is 719. The first-order valence-electron chi connectivity index (χ1n) is 11.1. The van der Waals surface area contributed by atoms with E-state index in [0.717, 1.165) is 0 Å². The molecular formula is C21H36N4O7S. The van der Waals surface area contributed by atoms with Crippen molar-refractivity contribution in [2.75, 3.05) is 18.6 Å². The van der Waals surface area contributed by atoms with Crippen LogP contribution in [0.15, 0.2) is 0 Å². The summed E-state index contributed by atoms with van der Waals surface area (Å²) in [6.07, 6.45) is 3.06. The van der Waals surface area contributed by atoms with Crippen LogP contribution in [0, 0.1) is 5.92 Å². The lowest BCUT2D eigenvalue weighted by molar-refractivity contribution is -0.145. The van der Waals surface area contributed by atoms with Crippen LogP contribution in [0.25, 0.3) is 0 Å². The molecule has 3 amide bonds. The highest BCUT2D eigenvalue weighted by atomic mass is 32.2. The topological polar surface area (TPSA) is 179 Å². The van der Waals surface area contributed by atoms with Gasteiger partial charge in [-0.05, 0) is 50.0 Å². The van der Waals surface area contributed by atoms with Crippen molar-refractivity contribution >= 4 is 41.4 Å². The molecule has 1 aliphatic heterocycles. The molecule has 0 spiro atoms. The second-order valence-electron chi connectivity index (χ2n) is 8.60. The van der Waals surface area contributed by atoms with Crippen LogP contribution >= 0.6 is 11.8 Å². The highest BCUT2D eigenvalue weighted by Crippen LogP contribution is 2.21. The van der Waals surface area contributed by atoms with Crippen molar-refractivity contribution in [3.8, 4) is 0 Å². The Morgan fingerprint density at radius 3 is 2.30 bits per heavy atom. The lowest BCUT2D eigenvalue weighted by atomic mass is 10.0. The first kappa shape index (κ1) is 28.7. The Labute approximate surface area is 198 Å². The van der Waals surface area contributed by atoms with Crippen LogP contribution in [-0.4, -0.2) is 87.5 Å². The summed E-state index contributed by atoms with van der Waals surface area (Å²) in [4.78, 5) is 62.2. The van der Waals surface area contributed by atoms with E-state index in [1.807, 2.05) is 20.1 Å². The number of carboxylic acid groups (broad SMARTS) is 2. The third-order valence-electron chi connectivity index (χ3n) is 5.39. The van der Waals surface area contributed by atoms with Gasteiger partial charge in [0.25, 0.3) is 0 Å². The van der Waals surface area contributed by atoms with E-state index < -0.39 is 53.8 Å². The van der Waals surface area contributed by atoms with Gasteiger partial charge in [-0.3, -0.25) is 19.2 Å². The Morgan fingerprint density at radius 2 is 1.76 bits per heavy atom. The van der Waals surface area contributed by atoms with Gasteiger partial charge >= 0.3 is 11.9 Å². The zero-order valence-corrected chi connectivity index (χ0v) is 20.2. The van der Waals surface area contributed by atoms with Crippen molar-refractivity contribution in [1.29, 1.82) is 0 Å². The average Bonchev–Trinajstić information content (AvgIpc) is 3.23. The molecule has 6 N–H and O–H groups in total. The number of nitrogens with one attached hydrogen (secondary N) is 2. The number of amides is 3. The number of carbonyl (C=O) groups excluding carboxylic acids is 3. The van der Waals surface area contributed by atoms with E-state index >= 15 is 0 Å². The number of nitrogens with zero attached hydrogens (tertiary/aromatic N) is 1. The smallest absolute Gasteiger partial charge is 0.326 e. The summed E-state index contributed by atoms with van der Waals surface area (Å²) in [7, 11) is 0. The molecule has 1 aliphatic rings. The van der Waals surface area contributed by atoms with Gasteiger partial charge in [0.05, 0.1) is 6.04 Å². The Morgan fingerprint density at radius 1 is 1.09 bits per heavy atom. The van der Waals surface area contributed by atoms with Crippen LogP contribution in [0.5, 0.6) is 0 Å². The molecular weight excluding hydrogens is 452 g/mol. The van der Waals surface area contributed by atoms with Gasteiger partial charge in [0, 0.05) is 13.0 Å². The van der Waals surface area contributed by atoms with E-state index in [0.29, 0.717) is 31.6 Å². The van der Waals surface area contributed by atoms with Crippen LogP contribution in [0.4, 0.5) is 0 Å². The Kier molecular flexibility index (Phi) is 12.2. The highest BCUT2D eigenvalue weighted by molar-refractivity contribution is 7.98. The van der Waals surface area contributed by atoms with Crippen molar-refractivity contribution < 1.29 is 34.2 Å². The van der Waals surface area contributed by atoms with Crippen molar-refractivity contribution in [3.63, 3.8) is 0 Å². The molecule has 0 aromatic heterocycles. The summed E-state index contributed by atoms with van der Waals surface area (Å²) in [5.74, 6) is -3.18. The maximum atomic E-state index is 13.3. The van der Waals surface area contributed by atoms with Gasteiger partial charge in [-0.2, -0.15) is 11.8 Å². The number of hydrogen-bond acceptors (Lipinski definition) is 7. The molecule has 1 rings (SSSR count). The quantitative estimate of drug-likeness (QED) is 0.225. The second-order valence-corrected chi connectivity index (χ2v) is 9.59. The fraction of sp³-hybridized carbons (Fsp3) is 0.762. The standard InChI is InChI=1S/C21H36N4O7S/c1-12(2)11-15(24-18(28)13(22)6-7-17(26)27)20(30)25-9-4-5-16(25)19(29)23-14(21(31)32)8-10-33-3/h12-16H,4-11,22H2,1-3H3,(H,23,29)(H,24,28)(H,26,27)(H,31,32). The Hall–Kier alpha value is -2.34. The third kappa shape index (κ3) is 9.58. The van der Waals surface area contributed by atoms with E-state index in [4.69, 9.17) is 10.8 Å². The van der Waals surface area contributed by atoms with Crippen LogP contribution in [0.2, 0.25) is 0 Å². The number of nitrogens with two attached hydrogens (primary N) is 1. The van der Waals surface area contributed by atoms with E-state index in [9.17, 15) is 29.1 Å². The molecule has 0 aliphatic carbocycles. The van der Waals surface area contributed by atoms with E-state index in [2.05, 4.69) is 10.6 Å². The van der Waals surface area contributed by atoms with E-state index in [-0.39, 0.29) is 25.2 Å². The van der Waals surface area contributed by atoms with Crippen molar-refractivity contribution in [2.24, 2.45) is 11.7 Å². The van der Waals surface area contributed by atoms with Crippen molar-refractivity contribution in [3.05, 3.63) is 0 Å².